The number of hydrogen-bond donors (Lipinski definition) is 2. The molecule has 4 aromatic rings. The van der Waals surface area contributed by atoms with Crippen molar-refractivity contribution >= 4 is 70.0 Å². The highest BCUT2D eigenvalue weighted by Crippen LogP contribution is 2.25. The number of amides is 2. The molecule has 2 N–H and O–H groups in total. The summed E-state index contributed by atoms with van der Waals surface area (Å²) < 4.78 is 0. The molecule has 5 nitrogen and oxygen atoms in total. The molecule has 0 fully saturated rings. The van der Waals surface area contributed by atoms with Crippen molar-refractivity contribution in [3.05, 3.63) is 134 Å². The molecule has 0 radical (unpaired) electrons. The number of anilines is 1. The summed E-state index contributed by atoms with van der Waals surface area (Å²) in [5, 5.41) is 8.23. The van der Waals surface area contributed by atoms with Crippen molar-refractivity contribution < 1.29 is 14.4 Å². The van der Waals surface area contributed by atoms with Crippen molar-refractivity contribution in [2.45, 2.75) is 0 Å². The Morgan fingerprint density at radius 3 is 2.11 bits per heavy atom. The first-order valence-electron chi connectivity index (χ1n) is 11.1. The normalized spacial score (nSPS) is 11.4. The van der Waals surface area contributed by atoms with Crippen LogP contribution >= 0.6 is 34.5 Å². The largest absolute Gasteiger partial charge is 0.321 e. The molecule has 37 heavy (non-hydrogen) atoms. The lowest BCUT2D eigenvalue weighted by atomic mass is 10.1. The van der Waals surface area contributed by atoms with Crippen LogP contribution in [0.4, 0.5) is 5.69 Å². The summed E-state index contributed by atoms with van der Waals surface area (Å²) in [6.07, 6.45) is 4.57. The monoisotopic (exact) mass is 546 g/mol. The second-order valence-electron chi connectivity index (χ2n) is 7.76. The van der Waals surface area contributed by atoms with Crippen molar-refractivity contribution in [3.63, 3.8) is 0 Å². The fourth-order valence-corrected chi connectivity index (χ4v) is 4.48. The molecular weight excluding hydrogens is 527 g/mol. The fourth-order valence-electron chi connectivity index (χ4n) is 3.30. The third-order valence-electron chi connectivity index (χ3n) is 5.19. The number of carbonyl (C=O) groups is 3. The maximum absolute atomic E-state index is 13.1. The Hall–Kier alpha value is -3.97. The van der Waals surface area contributed by atoms with Crippen LogP contribution in [0, 0.1) is 0 Å². The number of nitrogens with one attached hydrogen (secondary N) is 2. The highest BCUT2D eigenvalue weighted by molar-refractivity contribution is 7.10. The predicted octanol–water partition coefficient (Wildman–Crippen LogP) is 7.36. The van der Waals surface area contributed by atoms with E-state index in [1.54, 1.807) is 78.9 Å². The molecule has 1 aromatic heterocycles. The number of hydrogen-bond acceptors (Lipinski definition) is 4. The lowest BCUT2D eigenvalue weighted by Gasteiger charge is -2.11. The van der Waals surface area contributed by atoms with Gasteiger partial charge in [-0.3, -0.25) is 14.4 Å². The number of carbonyl (C=O) groups excluding carboxylic acids is 3. The van der Waals surface area contributed by atoms with Gasteiger partial charge in [0.1, 0.15) is 5.70 Å². The maximum atomic E-state index is 13.1. The lowest BCUT2D eigenvalue weighted by Crippen LogP contribution is -2.30. The molecule has 184 valence electrons. The van der Waals surface area contributed by atoms with E-state index in [1.807, 2.05) is 23.6 Å². The number of thiophene rings is 1. The fraction of sp³-hybridized carbons (Fsp3) is 0. The van der Waals surface area contributed by atoms with Gasteiger partial charge in [0.15, 0.2) is 5.78 Å². The SMILES string of the molecule is O=C(Nc1ccc(C(=O)/C=C/c2c(Cl)cccc2Cl)cc1)/C(=C/c1cccs1)NC(=O)c1ccccc1. The summed E-state index contributed by atoms with van der Waals surface area (Å²) in [6.45, 7) is 0. The minimum absolute atomic E-state index is 0.0935. The number of ketones is 1. The number of halogens is 2. The third kappa shape index (κ3) is 7.05. The zero-order valence-corrected chi connectivity index (χ0v) is 21.6. The van der Waals surface area contributed by atoms with Crippen LogP contribution in [0.3, 0.4) is 0 Å². The first-order valence-corrected chi connectivity index (χ1v) is 12.7. The van der Waals surface area contributed by atoms with E-state index in [-0.39, 0.29) is 11.5 Å². The first-order chi connectivity index (χ1) is 17.9. The summed E-state index contributed by atoms with van der Waals surface area (Å²) in [4.78, 5) is 39.1. The molecule has 0 saturated carbocycles. The smallest absolute Gasteiger partial charge is 0.272 e. The van der Waals surface area contributed by atoms with E-state index in [2.05, 4.69) is 10.6 Å². The molecule has 8 heteroatoms. The standard InChI is InChI=1S/C29H20Cl2N2O3S/c30-24-9-4-10-25(31)23(24)15-16-27(34)19-11-13-21(14-12-19)32-29(36)26(18-22-8-5-17-37-22)33-28(35)20-6-2-1-3-7-20/h1-18H,(H,32,36)(H,33,35)/b16-15+,26-18-. The van der Waals surface area contributed by atoms with E-state index < -0.39 is 11.8 Å². The molecule has 0 bridgehead atoms. The lowest BCUT2D eigenvalue weighted by molar-refractivity contribution is -0.113. The predicted molar refractivity (Wildman–Crippen MR) is 151 cm³/mol. The van der Waals surface area contributed by atoms with E-state index >= 15 is 0 Å². The molecule has 0 unspecified atom stereocenters. The van der Waals surface area contributed by atoms with Gasteiger partial charge in [-0.2, -0.15) is 0 Å². The molecule has 0 spiro atoms. The molecule has 0 atom stereocenters. The highest BCUT2D eigenvalue weighted by atomic mass is 35.5. The topological polar surface area (TPSA) is 75.3 Å². The van der Waals surface area contributed by atoms with Gasteiger partial charge in [0.25, 0.3) is 11.8 Å². The summed E-state index contributed by atoms with van der Waals surface area (Å²) in [7, 11) is 0. The van der Waals surface area contributed by atoms with E-state index in [0.29, 0.717) is 32.4 Å². The Labute approximate surface area is 228 Å². The summed E-state index contributed by atoms with van der Waals surface area (Å²) in [5.74, 6) is -1.14. The second-order valence-corrected chi connectivity index (χ2v) is 9.55. The minimum Gasteiger partial charge on any atom is -0.321 e. The maximum Gasteiger partial charge on any atom is 0.272 e. The molecule has 3 aromatic carbocycles. The van der Waals surface area contributed by atoms with Crippen LogP contribution in [0.15, 0.2) is 102 Å². The quantitative estimate of drug-likeness (QED) is 0.179. The average molecular weight is 547 g/mol. The molecule has 0 aliphatic rings. The Kier molecular flexibility index (Phi) is 8.69. The van der Waals surface area contributed by atoms with Gasteiger partial charge in [-0.15, -0.1) is 11.3 Å². The van der Waals surface area contributed by atoms with Crippen LogP contribution in [0.2, 0.25) is 10.0 Å². The summed E-state index contributed by atoms with van der Waals surface area (Å²) in [6, 6.07) is 23.9. The Balaban J connectivity index is 1.47. The van der Waals surface area contributed by atoms with Gasteiger partial charge in [0, 0.05) is 37.3 Å². The minimum atomic E-state index is -0.495. The van der Waals surface area contributed by atoms with Crippen molar-refractivity contribution in [2.75, 3.05) is 5.32 Å². The van der Waals surface area contributed by atoms with Crippen LogP contribution in [-0.2, 0) is 4.79 Å². The van der Waals surface area contributed by atoms with Crippen molar-refractivity contribution in [2.24, 2.45) is 0 Å². The van der Waals surface area contributed by atoms with Crippen LogP contribution in [0.5, 0.6) is 0 Å². The van der Waals surface area contributed by atoms with Crippen LogP contribution in [0.1, 0.15) is 31.2 Å². The van der Waals surface area contributed by atoms with Gasteiger partial charge in [-0.05, 0) is 78.2 Å². The van der Waals surface area contributed by atoms with Gasteiger partial charge < -0.3 is 10.6 Å². The summed E-state index contributed by atoms with van der Waals surface area (Å²) in [5.41, 5.74) is 1.97. The van der Waals surface area contributed by atoms with E-state index in [0.717, 1.165) is 4.88 Å². The summed E-state index contributed by atoms with van der Waals surface area (Å²) >= 11 is 13.7. The van der Waals surface area contributed by atoms with E-state index in [4.69, 9.17) is 23.2 Å². The molecule has 2 amide bonds. The first kappa shape index (κ1) is 26.1. The second kappa shape index (κ2) is 12.3. The van der Waals surface area contributed by atoms with Gasteiger partial charge >= 0.3 is 0 Å². The molecule has 1 heterocycles. The number of allylic oxidation sites excluding steroid dienone is 1. The number of benzene rings is 3. The van der Waals surface area contributed by atoms with Crippen molar-refractivity contribution in [1.82, 2.24) is 5.32 Å². The van der Waals surface area contributed by atoms with Gasteiger partial charge in [-0.25, -0.2) is 0 Å². The van der Waals surface area contributed by atoms with Crippen molar-refractivity contribution in [3.8, 4) is 0 Å². The zero-order chi connectivity index (χ0) is 26.2. The molecule has 4 rings (SSSR count). The number of rotatable bonds is 8. The molecule has 0 aliphatic carbocycles. The van der Waals surface area contributed by atoms with Gasteiger partial charge in [0.2, 0.25) is 0 Å². The van der Waals surface area contributed by atoms with Gasteiger partial charge in [-0.1, -0.05) is 53.5 Å². The Morgan fingerprint density at radius 2 is 1.46 bits per heavy atom. The average Bonchev–Trinajstić information content (AvgIpc) is 3.42. The Bertz CT molecular complexity index is 1460. The van der Waals surface area contributed by atoms with E-state index in [1.165, 1.54) is 17.4 Å². The molecule has 0 aliphatic heterocycles. The zero-order valence-electron chi connectivity index (χ0n) is 19.3. The third-order valence-corrected chi connectivity index (χ3v) is 6.67. The van der Waals surface area contributed by atoms with Crippen LogP contribution < -0.4 is 10.6 Å². The van der Waals surface area contributed by atoms with Gasteiger partial charge in [0.05, 0.1) is 0 Å². The van der Waals surface area contributed by atoms with Crippen molar-refractivity contribution in [1.29, 1.82) is 0 Å². The van der Waals surface area contributed by atoms with E-state index in [9.17, 15) is 14.4 Å². The highest BCUT2D eigenvalue weighted by Gasteiger charge is 2.15. The molecular formula is C29H20Cl2N2O3S. The molecule has 0 saturated heterocycles. The van der Waals surface area contributed by atoms with Crippen LogP contribution in [-0.4, -0.2) is 17.6 Å². The Morgan fingerprint density at radius 1 is 0.757 bits per heavy atom. The van der Waals surface area contributed by atoms with Crippen LogP contribution in [0.25, 0.3) is 12.2 Å².